The lowest BCUT2D eigenvalue weighted by atomic mass is 9.82. The van der Waals surface area contributed by atoms with Crippen LogP contribution < -0.4 is 5.32 Å². The van der Waals surface area contributed by atoms with Crippen molar-refractivity contribution in [2.45, 2.75) is 52.1 Å². The van der Waals surface area contributed by atoms with Crippen LogP contribution in [0, 0.1) is 11.8 Å². The molecule has 1 aliphatic rings. The van der Waals surface area contributed by atoms with Crippen LogP contribution in [0.15, 0.2) is 18.7 Å². The van der Waals surface area contributed by atoms with E-state index in [1.807, 2.05) is 18.7 Å². The van der Waals surface area contributed by atoms with Gasteiger partial charge in [0.25, 0.3) is 0 Å². The van der Waals surface area contributed by atoms with Crippen molar-refractivity contribution >= 4 is 0 Å². The number of hydrogen-bond donors (Lipinski definition) is 1. The minimum absolute atomic E-state index is 0.529. The molecule has 1 fully saturated rings. The fourth-order valence-corrected chi connectivity index (χ4v) is 2.89. The zero-order valence-corrected chi connectivity index (χ0v) is 11.1. The molecule has 17 heavy (non-hydrogen) atoms. The van der Waals surface area contributed by atoms with Gasteiger partial charge in [-0.3, -0.25) is 0 Å². The lowest BCUT2D eigenvalue weighted by molar-refractivity contribution is 0.265. The van der Waals surface area contributed by atoms with Crippen molar-refractivity contribution in [3.8, 4) is 0 Å². The minimum atomic E-state index is 0.529. The monoisotopic (exact) mass is 235 g/mol. The fourth-order valence-electron chi connectivity index (χ4n) is 2.89. The lowest BCUT2D eigenvalue weighted by Gasteiger charge is -2.28. The minimum Gasteiger partial charge on any atom is -0.336 e. The molecule has 0 amide bonds. The van der Waals surface area contributed by atoms with E-state index in [0.717, 1.165) is 18.4 Å². The molecule has 0 spiro atoms. The SMILES string of the molecule is CC1CCCC(CNC(C)Cn2ccnc2)C1. The standard InChI is InChI=1S/C14H25N3/c1-12-4-3-5-14(8-12)9-16-13(2)10-17-7-6-15-11-17/h6-7,11-14,16H,3-5,8-10H2,1-2H3. The third-order valence-corrected chi connectivity index (χ3v) is 3.84. The molecule has 1 aromatic rings. The number of hydrogen-bond acceptors (Lipinski definition) is 2. The molecule has 0 bridgehead atoms. The Morgan fingerprint density at radius 1 is 1.47 bits per heavy atom. The van der Waals surface area contributed by atoms with E-state index >= 15 is 0 Å². The summed E-state index contributed by atoms with van der Waals surface area (Å²) in [4.78, 5) is 4.07. The summed E-state index contributed by atoms with van der Waals surface area (Å²) in [6.45, 7) is 6.84. The molecule has 1 N–H and O–H groups in total. The van der Waals surface area contributed by atoms with Gasteiger partial charge in [0, 0.05) is 25.0 Å². The summed E-state index contributed by atoms with van der Waals surface area (Å²) in [5.41, 5.74) is 0. The number of nitrogens with one attached hydrogen (secondary N) is 1. The molecule has 3 heteroatoms. The largest absolute Gasteiger partial charge is 0.336 e. The molecule has 3 atom stereocenters. The predicted molar refractivity (Wildman–Crippen MR) is 70.8 cm³/mol. The lowest BCUT2D eigenvalue weighted by Crippen LogP contribution is -2.35. The summed E-state index contributed by atoms with van der Waals surface area (Å²) in [6, 6.07) is 0.529. The second-order valence-electron chi connectivity index (χ2n) is 5.71. The van der Waals surface area contributed by atoms with Crippen LogP contribution in [-0.2, 0) is 6.54 Å². The van der Waals surface area contributed by atoms with Gasteiger partial charge in [0.15, 0.2) is 0 Å². The Morgan fingerprint density at radius 2 is 2.35 bits per heavy atom. The van der Waals surface area contributed by atoms with E-state index in [-0.39, 0.29) is 0 Å². The van der Waals surface area contributed by atoms with E-state index in [9.17, 15) is 0 Å². The topological polar surface area (TPSA) is 29.9 Å². The maximum Gasteiger partial charge on any atom is 0.0946 e. The molecule has 0 saturated heterocycles. The third-order valence-electron chi connectivity index (χ3n) is 3.84. The second-order valence-corrected chi connectivity index (χ2v) is 5.71. The summed E-state index contributed by atoms with van der Waals surface area (Å²) in [5, 5.41) is 3.66. The fraction of sp³-hybridized carbons (Fsp3) is 0.786. The van der Waals surface area contributed by atoms with Gasteiger partial charge in [0.2, 0.25) is 0 Å². The molecular formula is C14H25N3. The van der Waals surface area contributed by atoms with Gasteiger partial charge in [0.1, 0.15) is 0 Å². The van der Waals surface area contributed by atoms with E-state index in [1.165, 1.54) is 32.2 Å². The third kappa shape index (κ3) is 4.15. The van der Waals surface area contributed by atoms with Crippen LogP contribution in [0.4, 0.5) is 0 Å². The molecule has 1 aliphatic carbocycles. The highest BCUT2D eigenvalue weighted by atomic mass is 15.1. The normalized spacial score (nSPS) is 26.9. The smallest absolute Gasteiger partial charge is 0.0946 e. The molecule has 0 aromatic carbocycles. The number of nitrogens with zero attached hydrogens (tertiary/aromatic N) is 2. The maximum absolute atomic E-state index is 4.07. The first-order chi connectivity index (χ1) is 8.24. The Labute approximate surface area is 105 Å². The van der Waals surface area contributed by atoms with Gasteiger partial charge in [-0.1, -0.05) is 19.8 Å². The van der Waals surface area contributed by atoms with Crippen molar-refractivity contribution < 1.29 is 0 Å². The Morgan fingerprint density at radius 3 is 3.06 bits per heavy atom. The van der Waals surface area contributed by atoms with Crippen molar-refractivity contribution in [3.05, 3.63) is 18.7 Å². The highest BCUT2D eigenvalue weighted by Gasteiger charge is 2.18. The molecule has 3 unspecified atom stereocenters. The second kappa shape index (κ2) is 6.20. The molecule has 1 aromatic heterocycles. The average molecular weight is 235 g/mol. The maximum atomic E-state index is 4.07. The summed E-state index contributed by atoms with van der Waals surface area (Å²) >= 11 is 0. The molecule has 96 valence electrons. The zero-order valence-electron chi connectivity index (χ0n) is 11.1. The number of aromatic nitrogens is 2. The van der Waals surface area contributed by atoms with Crippen LogP contribution in [0.25, 0.3) is 0 Å². The van der Waals surface area contributed by atoms with Crippen molar-refractivity contribution in [1.82, 2.24) is 14.9 Å². The van der Waals surface area contributed by atoms with Crippen LogP contribution in [0.2, 0.25) is 0 Å². The van der Waals surface area contributed by atoms with Crippen molar-refractivity contribution in [2.75, 3.05) is 6.54 Å². The van der Waals surface area contributed by atoms with Gasteiger partial charge in [0.05, 0.1) is 6.33 Å². The molecule has 2 rings (SSSR count). The Hall–Kier alpha value is -0.830. The van der Waals surface area contributed by atoms with Gasteiger partial charge in [-0.15, -0.1) is 0 Å². The van der Waals surface area contributed by atoms with Crippen LogP contribution >= 0.6 is 0 Å². The van der Waals surface area contributed by atoms with Crippen LogP contribution in [0.3, 0.4) is 0 Å². The van der Waals surface area contributed by atoms with Crippen LogP contribution in [0.5, 0.6) is 0 Å². The van der Waals surface area contributed by atoms with E-state index in [2.05, 4.69) is 28.7 Å². The first-order valence-electron chi connectivity index (χ1n) is 6.93. The molecular weight excluding hydrogens is 210 g/mol. The molecule has 0 radical (unpaired) electrons. The molecule has 1 heterocycles. The summed E-state index contributed by atoms with van der Waals surface area (Å²) < 4.78 is 2.14. The number of rotatable bonds is 5. The quantitative estimate of drug-likeness (QED) is 0.850. The van der Waals surface area contributed by atoms with E-state index in [1.54, 1.807) is 0 Å². The molecule has 0 aliphatic heterocycles. The Bertz CT molecular complexity index is 307. The average Bonchev–Trinajstić information content (AvgIpc) is 2.79. The van der Waals surface area contributed by atoms with Crippen molar-refractivity contribution in [1.29, 1.82) is 0 Å². The van der Waals surface area contributed by atoms with Gasteiger partial charge < -0.3 is 9.88 Å². The molecule has 1 saturated carbocycles. The predicted octanol–water partition coefficient (Wildman–Crippen LogP) is 2.69. The van der Waals surface area contributed by atoms with Gasteiger partial charge in [-0.05, 0) is 38.1 Å². The van der Waals surface area contributed by atoms with Gasteiger partial charge in [-0.25, -0.2) is 4.98 Å². The Kier molecular flexibility index (Phi) is 4.60. The van der Waals surface area contributed by atoms with Gasteiger partial charge in [-0.2, -0.15) is 0 Å². The van der Waals surface area contributed by atoms with Crippen LogP contribution in [-0.4, -0.2) is 22.1 Å². The first-order valence-corrected chi connectivity index (χ1v) is 6.93. The zero-order chi connectivity index (χ0) is 12.1. The summed E-state index contributed by atoms with van der Waals surface area (Å²) in [7, 11) is 0. The van der Waals surface area contributed by atoms with Crippen LogP contribution in [0.1, 0.15) is 39.5 Å². The van der Waals surface area contributed by atoms with E-state index in [4.69, 9.17) is 0 Å². The first kappa shape index (κ1) is 12.6. The van der Waals surface area contributed by atoms with Gasteiger partial charge >= 0.3 is 0 Å². The van der Waals surface area contributed by atoms with Crippen molar-refractivity contribution in [2.24, 2.45) is 11.8 Å². The van der Waals surface area contributed by atoms with E-state index < -0.39 is 0 Å². The highest BCUT2D eigenvalue weighted by Crippen LogP contribution is 2.27. The molecule has 3 nitrogen and oxygen atoms in total. The summed E-state index contributed by atoms with van der Waals surface area (Å²) in [6.07, 6.45) is 11.4. The number of imidazole rings is 1. The van der Waals surface area contributed by atoms with Crippen molar-refractivity contribution in [3.63, 3.8) is 0 Å². The summed E-state index contributed by atoms with van der Waals surface area (Å²) in [5.74, 6) is 1.82. The van der Waals surface area contributed by atoms with E-state index in [0.29, 0.717) is 6.04 Å². The highest BCUT2D eigenvalue weighted by molar-refractivity contribution is 4.78. The Balaban J connectivity index is 1.67.